The maximum absolute atomic E-state index is 12.5. The number of nitrogens with one attached hydrogen (secondary N) is 1. The number of hydrogen-bond acceptors (Lipinski definition) is 3. The first-order chi connectivity index (χ1) is 12.6. The molecule has 1 heterocycles. The summed E-state index contributed by atoms with van der Waals surface area (Å²) in [5.41, 5.74) is 1.82. The fraction of sp³-hybridized carbons (Fsp3) is 0.409. The van der Waals surface area contributed by atoms with Gasteiger partial charge < -0.3 is 14.8 Å². The third-order valence-electron chi connectivity index (χ3n) is 5.27. The van der Waals surface area contributed by atoms with Gasteiger partial charge in [0.05, 0.1) is 6.04 Å². The largest absolute Gasteiger partial charge is 0.487 e. The van der Waals surface area contributed by atoms with Gasteiger partial charge in [-0.2, -0.15) is 0 Å². The van der Waals surface area contributed by atoms with E-state index < -0.39 is 0 Å². The second-order valence-electron chi connectivity index (χ2n) is 6.91. The minimum atomic E-state index is -0.233. The van der Waals surface area contributed by atoms with Crippen molar-refractivity contribution in [2.75, 3.05) is 6.61 Å². The molecule has 26 heavy (non-hydrogen) atoms. The van der Waals surface area contributed by atoms with Crippen molar-refractivity contribution in [1.82, 2.24) is 5.32 Å². The van der Waals surface area contributed by atoms with Crippen molar-refractivity contribution in [3.8, 4) is 11.5 Å². The second kappa shape index (κ2) is 7.81. The van der Waals surface area contributed by atoms with E-state index in [-0.39, 0.29) is 24.2 Å². The number of ether oxygens (including phenoxy) is 2. The summed E-state index contributed by atoms with van der Waals surface area (Å²) in [6.45, 7) is 6.25. The van der Waals surface area contributed by atoms with E-state index in [1.807, 2.05) is 55.5 Å². The molecule has 1 aliphatic rings. The van der Waals surface area contributed by atoms with Gasteiger partial charge in [0.2, 0.25) is 0 Å². The van der Waals surface area contributed by atoms with Crippen LogP contribution in [0.25, 0.3) is 0 Å². The van der Waals surface area contributed by atoms with Crippen LogP contribution >= 0.6 is 0 Å². The minimum Gasteiger partial charge on any atom is -0.487 e. The molecule has 0 saturated heterocycles. The van der Waals surface area contributed by atoms with Crippen molar-refractivity contribution in [2.45, 2.75) is 51.7 Å². The highest BCUT2D eigenvalue weighted by Crippen LogP contribution is 2.42. The summed E-state index contributed by atoms with van der Waals surface area (Å²) in [4.78, 5) is 12.5. The average Bonchev–Trinajstić information content (AvgIpc) is 2.67. The predicted molar refractivity (Wildman–Crippen MR) is 103 cm³/mol. The molecule has 0 radical (unpaired) electrons. The normalized spacial score (nSPS) is 17.7. The van der Waals surface area contributed by atoms with Crippen molar-refractivity contribution in [3.05, 3.63) is 59.7 Å². The van der Waals surface area contributed by atoms with Crippen LogP contribution in [0.2, 0.25) is 0 Å². The third-order valence-corrected chi connectivity index (χ3v) is 5.27. The Morgan fingerprint density at radius 3 is 2.58 bits per heavy atom. The first-order valence-electron chi connectivity index (χ1n) is 9.32. The number of amides is 1. The molecule has 1 amide bonds. The van der Waals surface area contributed by atoms with Crippen molar-refractivity contribution in [3.63, 3.8) is 0 Å². The number of benzene rings is 2. The zero-order chi connectivity index (χ0) is 18.6. The molecule has 138 valence electrons. The summed E-state index contributed by atoms with van der Waals surface area (Å²) in [6.07, 6.45) is 2.58. The molecule has 0 aliphatic carbocycles. The van der Waals surface area contributed by atoms with E-state index in [1.54, 1.807) is 0 Å². The van der Waals surface area contributed by atoms with Gasteiger partial charge in [-0.3, -0.25) is 4.79 Å². The van der Waals surface area contributed by atoms with Crippen LogP contribution in [-0.2, 0) is 4.79 Å². The number of carbonyl (C=O) groups excluding carboxylic acids is 1. The quantitative estimate of drug-likeness (QED) is 0.827. The lowest BCUT2D eigenvalue weighted by atomic mass is 9.83. The van der Waals surface area contributed by atoms with E-state index in [9.17, 15) is 4.79 Å². The smallest absolute Gasteiger partial charge is 0.258 e. The van der Waals surface area contributed by atoms with Crippen LogP contribution in [-0.4, -0.2) is 18.1 Å². The topological polar surface area (TPSA) is 47.6 Å². The van der Waals surface area contributed by atoms with E-state index in [4.69, 9.17) is 9.47 Å². The first-order valence-corrected chi connectivity index (χ1v) is 9.32. The Morgan fingerprint density at radius 1 is 1.15 bits per heavy atom. The molecule has 0 aromatic heterocycles. The van der Waals surface area contributed by atoms with E-state index in [2.05, 4.69) is 19.2 Å². The molecule has 0 spiro atoms. The lowest BCUT2D eigenvalue weighted by Gasteiger charge is -2.41. The highest BCUT2D eigenvalue weighted by molar-refractivity contribution is 5.78. The van der Waals surface area contributed by atoms with E-state index >= 15 is 0 Å². The highest BCUT2D eigenvalue weighted by atomic mass is 16.5. The number of carbonyl (C=O) groups is 1. The number of aryl methyl sites for hydroxylation is 1. The van der Waals surface area contributed by atoms with Crippen LogP contribution in [0.3, 0.4) is 0 Å². The van der Waals surface area contributed by atoms with Gasteiger partial charge >= 0.3 is 0 Å². The Labute approximate surface area is 155 Å². The molecule has 3 rings (SSSR count). The third kappa shape index (κ3) is 3.85. The van der Waals surface area contributed by atoms with Gasteiger partial charge in [-0.25, -0.2) is 0 Å². The standard InChI is InChI=1S/C22H27NO3/c1-4-22(5-2)14-18(17-11-7-9-13-20(17)26-22)23-21(24)15-25-19-12-8-6-10-16(19)3/h6-13,18H,4-5,14-15H2,1-3H3,(H,23,24). The van der Waals surface area contributed by atoms with Crippen LogP contribution in [0.4, 0.5) is 0 Å². The Bertz CT molecular complexity index is 767. The fourth-order valence-corrected chi connectivity index (χ4v) is 3.53. The Balaban J connectivity index is 1.71. The fourth-order valence-electron chi connectivity index (χ4n) is 3.53. The lowest BCUT2D eigenvalue weighted by molar-refractivity contribution is -0.124. The van der Waals surface area contributed by atoms with Crippen LogP contribution in [0.1, 0.15) is 50.3 Å². The Morgan fingerprint density at radius 2 is 1.85 bits per heavy atom. The molecule has 4 heteroatoms. The Hall–Kier alpha value is -2.49. The summed E-state index contributed by atoms with van der Waals surface area (Å²) in [5, 5.41) is 3.14. The van der Waals surface area contributed by atoms with Crippen LogP contribution in [0.15, 0.2) is 48.5 Å². The van der Waals surface area contributed by atoms with Gasteiger partial charge in [-0.1, -0.05) is 50.2 Å². The van der Waals surface area contributed by atoms with Gasteiger partial charge in [0.1, 0.15) is 17.1 Å². The molecule has 1 aliphatic heterocycles. The van der Waals surface area contributed by atoms with Gasteiger partial charge in [0.15, 0.2) is 6.61 Å². The molecule has 4 nitrogen and oxygen atoms in total. The van der Waals surface area contributed by atoms with Gasteiger partial charge in [-0.05, 0) is 37.5 Å². The van der Waals surface area contributed by atoms with Gasteiger partial charge in [0, 0.05) is 12.0 Å². The van der Waals surface area contributed by atoms with E-state index in [1.165, 1.54) is 0 Å². The van der Waals surface area contributed by atoms with Crippen molar-refractivity contribution in [1.29, 1.82) is 0 Å². The first kappa shape index (κ1) is 18.3. The molecule has 1 atom stereocenters. The van der Waals surface area contributed by atoms with Crippen LogP contribution in [0.5, 0.6) is 11.5 Å². The van der Waals surface area contributed by atoms with Crippen molar-refractivity contribution in [2.24, 2.45) is 0 Å². The summed E-state index contributed by atoms with van der Waals surface area (Å²) in [6, 6.07) is 15.6. The number of hydrogen-bond donors (Lipinski definition) is 1. The molecule has 1 unspecified atom stereocenters. The highest BCUT2D eigenvalue weighted by Gasteiger charge is 2.38. The molecule has 2 aromatic carbocycles. The molecule has 2 aromatic rings. The predicted octanol–water partition coefficient (Wildman–Crippen LogP) is 4.57. The van der Waals surface area contributed by atoms with E-state index in [0.717, 1.165) is 41.9 Å². The lowest BCUT2D eigenvalue weighted by Crippen LogP contribution is -2.45. The zero-order valence-corrected chi connectivity index (χ0v) is 15.7. The number of para-hydroxylation sites is 2. The maximum atomic E-state index is 12.5. The number of rotatable bonds is 6. The number of fused-ring (bicyclic) bond motifs is 1. The minimum absolute atomic E-state index is 0.00955. The molecular formula is C22H27NO3. The molecular weight excluding hydrogens is 326 g/mol. The summed E-state index contributed by atoms with van der Waals surface area (Å²) >= 11 is 0. The Kier molecular flexibility index (Phi) is 5.50. The average molecular weight is 353 g/mol. The van der Waals surface area contributed by atoms with Crippen LogP contribution in [0, 0.1) is 6.92 Å². The molecule has 1 N–H and O–H groups in total. The molecule has 0 fully saturated rings. The summed E-state index contributed by atoms with van der Waals surface area (Å²) in [7, 11) is 0. The van der Waals surface area contributed by atoms with Gasteiger partial charge in [-0.15, -0.1) is 0 Å². The van der Waals surface area contributed by atoms with Crippen molar-refractivity contribution < 1.29 is 14.3 Å². The van der Waals surface area contributed by atoms with Crippen molar-refractivity contribution >= 4 is 5.91 Å². The summed E-state index contributed by atoms with van der Waals surface area (Å²) < 4.78 is 12.0. The second-order valence-corrected chi connectivity index (χ2v) is 6.91. The van der Waals surface area contributed by atoms with Gasteiger partial charge in [0.25, 0.3) is 5.91 Å². The monoisotopic (exact) mass is 353 g/mol. The molecule has 0 saturated carbocycles. The maximum Gasteiger partial charge on any atom is 0.258 e. The van der Waals surface area contributed by atoms with Crippen LogP contribution < -0.4 is 14.8 Å². The SMILES string of the molecule is CCC1(CC)CC(NC(=O)COc2ccccc2C)c2ccccc2O1. The molecule has 0 bridgehead atoms. The summed E-state index contributed by atoms with van der Waals surface area (Å²) in [5.74, 6) is 1.50. The van der Waals surface area contributed by atoms with E-state index in [0.29, 0.717) is 0 Å². The zero-order valence-electron chi connectivity index (χ0n) is 15.7.